The Morgan fingerprint density at radius 2 is 1.91 bits per heavy atom. The first-order valence-electron chi connectivity index (χ1n) is 11.6. The molecule has 2 aliphatic rings. The quantitative estimate of drug-likeness (QED) is 0.322. The summed E-state index contributed by atoms with van der Waals surface area (Å²) >= 11 is 1.72. The molecule has 0 bridgehead atoms. The molecule has 1 aliphatic heterocycles. The van der Waals surface area contributed by atoms with Crippen LogP contribution < -0.4 is 0 Å². The summed E-state index contributed by atoms with van der Waals surface area (Å²) in [6.45, 7) is 5.09. The van der Waals surface area contributed by atoms with Gasteiger partial charge in [-0.25, -0.2) is 0 Å². The van der Waals surface area contributed by atoms with Crippen LogP contribution in [0, 0.1) is 12.3 Å². The molecule has 34 heavy (non-hydrogen) atoms. The molecule has 2 aromatic heterocycles. The Kier molecular flexibility index (Phi) is 6.18. The van der Waals surface area contributed by atoms with Crippen molar-refractivity contribution >= 4 is 11.8 Å². The minimum Gasteiger partial charge on any atom is -0.305 e. The Morgan fingerprint density at radius 3 is 2.62 bits per heavy atom. The third kappa shape index (κ3) is 4.73. The largest absolute Gasteiger partial charge is 0.416 e. The number of rotatable bonds is 7. The van der Waals surface area contributed by atoms with Gasteiger partial charge in [0.25, 0.3) is 0 Å². The van der Waals surface area contributed by atoms with Crippen molar-refractivity contribution in [3.05, 3.63) is 59.4 Å². The van der Waals surface area contributed by atoms with Gasteiger partial charge in [-0.2, -0.15) is 13.2 Å². The first kappa shape index (κ1) is 23.4. The fourth-order valence-corrected chi connectivity index (χ4v) is 5.93. The van der Waals surface area contributed by atoms with E-state index in [1.54, 1.807) is 23.9 Å². The highest BCUT2D eigenvalue weighted by Crippen LogP contribution is 2.64. The van der Waals surface area contributed by atoms with Crippen LogP contribution in [-0.2, 0) is 13.2 Å². The van der Waals surface area contributed by atoms with E-state index >= 15 is 0 Å². The second kappa shape index (κ2) is 9.00. The Morgan fingerprint density at radius 1 is 1.12 bits per heavy atom. The summed E-state index contributed by atoms with van der Waals surface area (Å²) in [6.07, 6.45) is 0.821. The van der Waals surface area contributed by atoms with E-state index in [1.165, 1.54) is 12.1 Å². The summed E-state index contributed by atoms with van der Waals surface area (Å²) in [7, 11) is 1.98. The molecule has 0 amide bonds. The summed E-state index contributed by atoms with van der Waals surface area (Å²) < 4.78 is 40.5. The number of pyridine rings is 1. The van der Waals surface area contributed by atoms with Crippen LogP contribution in [0.4, 0.5) is 13.2 Å². The summed E-state index contributed by atoms with van der Waals surface area (Å²) in [5.41, 5.74) is 2.67. The second-order valence-electron chi connectivity index (χ2n) is 9.52. The standard InChI is InChI=1S/C25H28F3N5S/c1-17-4-5-19(15-29-17)22-30-31-23(32(22)2)34-13-3-11-33-12-10-24(16-33)14-21(24)18-6-8-20(9-7-18)25(26,27)28/h4-9,15,21H,3,10-14,16H2,1-2H3/t21-,24+/m0/s1. The van der Waals surface area contributed by atoms with E-state index < -0.39 is 11.7 Å². The predicted octanol–water partition coefficient (Wildman–Crippen LogP) is 5.57. The molecule has 1 spiro atoms. The molecule has 9 heteroatoms. The zero-order valence-corrected chi connectivity index (χ0v) is 20.2. The SMILES string of the molecule is Cc1ccc(-c2nnc(SCCCN3CC[C@@]4(C[C@H]4c4ccc(C(F)(F)F)cc4)C3)n2C)cn1. The molecule has 1 aromatic carbocycles. The van der Waals surface area contributed by atoms with Crippen molar-refractivity contribution in [2.24, 2.45) is 12.5 Å². The highest BCUT2D eigenvalue weighted by molar-refractivity contribution is 7.99. The van der Waals surface area contributed by atoms with Gasteiger partial charge >= 0.3 is 6.18 Å². The van der Waals surface area contributed by atoms with E-state index in [0.717, 1.165) is 72.5 Å². The number of benzene rings is 1. The molecule has 0 unspecified atom stereocenters. The number of likely N-dealkylation sites (tertiary alicyclic amines) is 1. The van der Waals surface area contributed by atoms with Gasteiger partial charge in [0, 0.05) is 36.8 Å². The van der Waals surface area contributed by atoms with Crippen molar-refractivity contribution in [2.75, 3.05) is 25.4 Å². The van der Waals surface area contributed by atoms with Gasteiger partial charge in [0.2, 0.25) is 0 Å². The molecule has 1 saturated carbocycles. The summed E-state index contributed by atoms with van der Waals surface area (Å²) in [4.78, 5) is 6.85. The third-order valence-electron chi connectivity index (χ3n) is 7.15. The van der Waals surface area contributed by atoms with Crippen molar-refractivity contribution < 1.29 is 13.2 Å². The van der Waals surface area contributed by atoms with Crippen LogP contribution in [0.25, 0.3) is 11.4 Å². The Labute approximate surface area is 201 Å². The van der Waals surface area contributed by atoms with Crippen LogP contribution in [0.3, 0.4) is 0 Å². The van der Waals surface area contributed by atoms with Crippen LogP contribution in [-0.4, -0.2) is 50.0 Å². The highest BCUT2D eigenvalue weighted by atomic mass is 32.2. The lowest BCUT2D eigenvalue weighted by Crippen LogP contribution is -2.23. The van der Waals surface area contributed by atoms with Crippen molar-refractivity contribution in [3.63, 3.8) is 0 Å². The number of aryl methyl sites for hydroxylation is 1. The fourth-order valence-electron chi connectivity index (χ4n) is 5.09. The first-order valence-corrected chi connectivity index (χ1v) is 12.6. The predicted molar refractivity (Wildman–Crippen MR) is 127 cm³/mol. The molecule has 3 heterocycles. The first-order chi connectivity index (χ1) is 16.2. The van der Waals surface area contributed by atoms with E-state index in [2.05, 4.69) is 20.1 Å². The number of halogens is 3. The van der Waals surface area contributed by atoms with Gasteiger partial charge < -0.3 is 9.47 Å². The van der Waals surface area contributed by atoms with Gasteiger partial charge in [0.05, 0.1) is 5.56 Å². The molecule has 180 valence electrons. The highest BCUT2D eigenvalue weighted by Gasteiger charge is 2.57. The monoisotopic (exact) mass is 487 g/mol. The Hall–Kier alpha value is -2.39. The average Bonchev–Trinajstić information content (AvgIpc) is 3.16. The van der Waals surface area contributed by atoms with Gasteiger partial charge in [-0.3, -0.25) is 4.98 Å². The third-order valence-corrected chi connectivity index (χ3v) is 8.26. The number of nitrogens with zero attached hydrogens (tertiary/aromatic N) is 5. The van der Waals surface area contributed by atoms with Crippen LogP contribution in [0.5, 0.6) is 0 Å². The molecule has 0 N–H and O–H groups in total. The topological polar surface area (TPSA) is 46.8 Å². The molecule has 2 atom stereocenters. The number of alkyl halides is 3. The van der Waals surface area contributed by atoms with Gasteiger partial charge in [0.15, 0.2) is 11.0 Å². The van der Waals surface area contributed by atoms with Gasteiger partial charge in [-0.05, 0) is 80.4 Å². The molecule has 5 nitrogen and oxygen atoms in total. The number of aromatic nitrogens is 4. The molecule has 0 radical (unpaired) electrons. The lowest BCUT2D eigenvalue weighted by molar-refractivity contribution is -0.137. The van der Waals surface area contributed by atoms with Crippen LogP contribution in [0.1, 0.15) is 42.0 Å². The zero-order valence-electron chi connectivity index (χ0n) is 19.3. The molecular formula is C25H28F3N5S. The zero-order chi connectivity index (χ0) is 23.9. The Balaban J connectivity index is 1.09. The minimum atomic E-state index is -4.27. The van der Waals surface area contributed by atoms with Gasteiger partial charge in [-0.1, -0.05) is 23.9 Å². The lowest BCUT2D eigenvalue weighted by atomic mass is 9.97. The second-order valence-corrected chi connectivity index (χ2v) is 10.6. The minimum absolute atomic E-state index is 0.257. The molecule has 1 aliphatic carbocycles. The normalized spacial score (nSPS) is 22.6. The summed E-state index contributed by atoms with van der Waals surface area (Å²) in [5.74, 6) is 2.17. The van der Waals surface area contributed by atoms with Crippen LogP contribution in [0.2, 0.25) is 0 Å². The smallest absolute Gasteiger partial charge is 0.305 e. The van der Waals surface area contributed by atoms with Crippen LogP contribution in [0.15, 0.2) is 47.8 Å². The average molecular weight is 488 g/mol. The van der Waals surface area contributed by atoms with Crippen molar-refractivity contribution in [3.8, 4) is 11.4 Å². The number of thioether (sulfide) groups is 1. The van der Waals surface area contributed by atoms with E-state index in [9.17, 15) is 13.2 Å². The van der Waals surface area contributed by atoms with E-state index in [0.29, 0.717) is 5.92 Å². The van der Waals surface area contributed by atoms with E-state index in [4.69, 9.17) is 0 Å². The Bertz CT molecular complexity index is 1140. The molecule has 3 aromatic rings. The molecule has 1 saturated heterocycles. The lowest BCUT2D eigenvalue weighted by Gasteiger charge is -2.16. The van der Waals surface area contributed by atoms with Crippen molar-refractivity contribution in [2.45, 2.75) is 43.4 Å². The summed E-state index contributed by atoms with van der Waals surface area (Å²) in [5, 5.41) is 9.58. The molecule has 2 fully saturated rings. The maximum Gasteiger partial charge on any atom is 0.416 e. The summed E-state index contributed by atoms with van der Waals surface area (Å²) in [6, 6.07) is 9.77. The van der Waals surface area contributed by atoms with Crippen molar-refractivity contribution in [1.29, 1.82) is 0 Å². The van der Waals surface area contributed by atoms with Crippen molar-refractivity contribution in [1.82, 2.24) is 24.6 Å². The number of hydrogen-bond donors (Lipinski definition) is 0. The maximum atomic E-state index is 12.8. The van der Waals surface area contributed by atoms with Crippen LogP contribution >= 0.6 is 11.8 Å². The van der Waals surface area contributed by atoms with Gasteiger partial charge in [0.1, 0.15) is 0 Å². The number of hydrogen-bond acceptors (Lipinski definition) is 5. The molecule has 5 rings (SSSR count). The fraction of sp³-hybridized carbons (Fsp3) is 0.480. The van der Waals surface area contributed by atoms with Gasteiger partial charge in [-0.15, -0.1) is 10.2 Å². The maximum absolute atomic E-state index is 12.8. The van der Waals surface area contributed by atoms with E-state index in [1.807, 2.05) is 36.9 Å². The molecular weight excluding hydrogens is 459 g/mol. The van der Waals surface area contributed by atoms with E-state index in [-0.39, 0.29) is 5.41 Å².